The molecule has 0 radical (unpaired) electrons. The number of amides is 2. The molecule has 3 aromatic rings. The fourth-order valence-electron chi connectivity index (χ4n) is 4.08. The van der Waals surface area contributed by atoms with Crippen LogP contribution in [0.5, 0.6) is 11.5 Å². The molecule has 2 aliphatic rings. The molecule has 1 atom stereocenters. The number of hydrogen-bond acceptors (Lipinski definition) is 7. The Bertz CT molecular complexity index is 1260. The number of carbonyl (C=O) groups excluding carboxylic acids is 2. The van der Waals surface area contributed by atoms with Crippen LogP contribution in [0.2, 0.25) is 0 Å². The van der Waals surface area contributed by atoms with Crippen molar-refractivity contribution in [2.24, 2.45) is 5.73 Å². The maximum Gasteiger partial charge on any atom is 0.267 e. The lowest BCUT2D eigenvalue weighted by atomic mass is 10.0. The zero-order chi connectivity index (χ0) is 24.4. The number of hydrogen-bond donors (Lipinski definition) is 3. The minimum atomic E-state index is -0.687. The van der Waals surface area contributed by atoms with Crippen LogP contribution in [-0.2, 0) is 11.3 Å². The first-order valence-corrected chi connectivity index (χ1v) is 11.5. The Labute approximate surface area is 201 Å². The van der Waals surface area contributed by atoms with E-state index >= 15 is 0 Å². The van der Waals surface area contributed by atoms with E-state index in [1.54, 1.807) is 18.2 Å². The summed E-state index contributed by atoms with van der Waals surface area (Å²) in [5, 5.41) is 5.86. The van der Waals surface area contributed by atoms with Gasteiger partial charge in [0.15, 0.2) is 5.82 Å². The van der Waals surface area contributed by atoms with Crippen molar-refractivity contribution < 1.29 is 18.7 Å². The topological polar surface area (TPSA) is 122 Å². The van der Waals surface area contributed by atoms with Crippen LogP contribution in [0.1, 0.15) is 28.9 Å². The molecule has 0 spiro atoms. The first-order chi connectivity index (χ1) is 16.9. The molecule has 3 heterocycles. The highest BCUT2D eigenvalue weighted by atomic mass is 19.1. The number of rotatable bonds is 8. The number of likely N-dealkylation sites (tertiary alicyclic amines) is 1. The van der Waals surface area contributed by atoms with Crippen molar-refractivity contribution in [1.82, 2.24) is 20.2 Å². The molecule has 9 nitrogen and oxygen atoms in total. The first kappa shape index (κ1) is 22.7. The number of nitrogens with zero attached hydrogens (tertiary/aromatic N) is 3. The number of aromatic nitrogens is 2. The molecule has 0 bridgehead atoms. The number of halogens is 1. The van der Waals surface area contributed by atoms with Gasteiger partial charge < -0.3 is 21.1 Å². The molecule has 1 aromatic heterocycles. The minimum Gasteiger partial charge on any atom is -0.457 e. The number of ether oxygens (including phenoxy) is 1. The van der Waals surface area contributed by atoms with Crippen LogP contribution < -0.4 is 21.1 Å². The Morgan fingerprint density at radius 2 is 1.91 bits per heavy atom. The number of carbonyl (C=O) groups is 2. The maximum atomic E-state index is 13.3. The van der Waals surface area contributed by atoms with Crippen LogP contribution in [0.15, 0.2) is 48.5 Å². The molecule has 35 heavy (non-hydrogen) atoms. The maximum absolute atomic E-state index is 13.3. The molecule has 180 valence electrons. The second-order valence-corrected chi connectivity index (χ2v) is 8.61. The van der Waals surface area contributed by atoms with E-state index in [1.807, 2.05) is 12.1 Å². The molecule has 2 aliphatic heterocycles. The molecule has 2 aromatic carbocycles. The lowest BCUT2D eigenvalue weighted by molar-refractivity contribution is -0.119. The van der Waals surface area contributed by atoms with Crippen molar-refractivity contribution >= 4 is 17.6 Å². The second kappa shape index (κ2) is 9.67. The molecule has 4 N–H and O–H groups in total. The van der Waals surface area contributed by atoms with Gasteiger partial charge >= 0.3 is 0 Å². The summed E-state index contributed by atoms with van der Waals surface area (Å²) in [5.41, 5.74) is 7.24. The highest BCUT2D eigenvalue weighted by molar-refractivity contribution is 5.92. The summed E-state index contributed by atoms with van der Waals surface area (Å²) in [6, 6.07) is 12.3. The number of primary amides is 1. The third-order valence-corrected chi connectivity index (χ3v) is 6.06. The van der Waals surface area contributed by atoms with Gasteiger partial charge in [0.1, 0.15) is 34.9 Å². The summed E-state index contributed by atoms with van der Waals surface area (Å²) in [7, 11) is 0. The smallest absolute Gasteiger partial charge is 0.267 e. The van der Waals surface area contributed by atoms with Gasteiger partial charge in [-0.3, -0.25) is 14.5 Å². The van der Waals surface area contributed by atoms with E-state index < -0.39 is 11.9 Å². The summed E-state index contributed by atoms with van der Waals surface area (Å²) in [6.07, 6.45) is 1.74. The molecule has 1 unspecified atom stereocenters. The number of nitrogens with one attached hydrogen (secondary N) is 2. The quantitative estimate of drug-likeness (QED) is 0.457. The van der Waals surface area contributed by atoms with E-state index in [9.17, 15) is 14.0 Å². The molecule has 10 heteroatoms. The lowest BCUT2D eigenvalue weighted by Gasteiger charge is -2.31. The molecule has 2 amide bonds. The predicted molar refractivity (Wildman–Crippen MR) is 127 cm³/mol. The second-order valence-electron chi connectivity index (χ2n) is 8.61. The fraction of sp³-hybridized carbons (Fsp3) is 0.280. The lowest BCUT2D eigenvalue weighted by Crippen LogP contribution is -2.36. The van der Waals surface area contributed by atoms with Crippen LogP contribution in [0.4, 0.5) is 10.2 Å². The Hall–Kier alpha value is -4.05. The van der Waals surface area contributed by atoms with Gasteiger partial charge in [0.25, 0.3) is 5.91 Å². The van der Waals surface area contributed by atoms with Gasteiger partial charge in [-0.2, -0.15) is 0 Å². The van der Waals surface area contributed by atoms with E-state index in [4.69, 9.17) is 10.5 Å². The van der Waals surface area contributed by atoms with Gasteiger partial charge in [-0.25, -0.2) is 14.4 Å². The van der Waals surface area contributed by atoms with Crippen molar-refractivity contribution in [3.05, 3.63) is 65.6 Å². The first-order valence-electron chi connectivity index (χ1n) is 11.5. The van der Waals surface area contributed by atoms with Crippen molar-refractivity contribution in [3.63, 3.8) is 0 Å². The third-order valence-electron chi connectivity index (χ3n) is 6.06. The van der Waals surface area contributed by atoms with Crippen molar-refractivity contribution in [2.45, 2.75) is 25.4 Å². The molecular formula is C25H25FN6O3. The minimum absolute atomic E-state index is 0.0532. The Morgan fingerprint density at radius 3 is 2.57 bits per heavy atom. The van der Waals surface area contributed by atoms with Crippen LogP contribution in [0.25, 0.3) is 11.4 Å². The van der Waals surface area contributed by atoms with Gasteiger partial charge in [-0.05, 0) is 74.0 Å². The highest BCUT2D eigenvalue weighted by Gasteiger charge is 2.25. The van der Waals surface area contributed by atoms with Crippen LogP contribution in [0.3, 0.4) is 0 Å². The van der Waals surface area contributed by atoms with E-state index in [2.05, 4.69) is 25.5 Å². The van der Waals surface area contributed by atoms with Crippen molar-refractivity contribution in [2.75, 3.05) is 25.0 Å². The van der Waals surface area contributed by atoms with Crippen molar-refractivity contribution in [1.29, 1.82) is 0 Å². The highest BCUT2D eigenvalue weighted by Crippen LogP contribution is 2.31. The Kier molecular flexibility index (Phi) is 6.28. The van der Waals surface area contributed by atoms with E-state index in [1.165, 1.54) is 18.2 Å². The normalized spacial score (nSPS) is 17.5. The summed E-state index contributed by atoms with van der Waals surface area (Å²) < 4.78 is 19.2. The van der Waals surface area contributed by atoms with E-state index in [0.717, 1.165) is 30.6 Å². The fourth-order valence-corrected chi connectivity index (χ4v) is 4.08. The molecule has 0 saturated carbocycles. The predicted octanol–water partition coefficient (Wildman–Crippen LogP) is 2.68. The van der Waals surface area contributed by atoms with Crippen LogP contribution >= 0.6 is 0 Å². The van der Waals surface area contributed by atoms with Gasteiger partial charge in [0.2, 0.25) is 5.91 Å². The summed E-state index contributed by atoms with van der Waals surface area (Å²) >= 11 is 0. The SMILES string of the molecule is NC(=O)c1cc(NC2CCNC2=O)nc(-c2ccc(Oc3ccc(F)cc3)cc2CN2CCC2)n1. The monoisotopic (exact) mass is 476 g/mol. The zero-order valence-corrected chi connectivity index (χ0v) is 19.0. The molecular weight excluding hydrogens is 451 g/mol. The number of nitrogens with two attached hydrogens (primary N) is 1. The summed E-state index contributed by atoms with van der Waals surface area (Å²) in [6.45, 7) is 3.18. The average Bonchev–Trinajstić information content (AvgIpc) is 3.22. The number of anilines is 1. The largest absolute Gasteiger partial charge is 0.457 e. The standard InChI is InChI=1S/C25H25FN6O3/c26-16-2-4-17(5-3-16)35-18-6-7-19(15(12-18)14-32-10-1-11-32)24-30-21(23(27)33)13-22(31-24)29-20-8-9-28-25(20)34/h2-7,12-13,20H,1,8-11,14H2,(H2,27,33)(H,28,34)(H,29,30,31). The molecule has 0 aliphatic carbocycles. The van der Waals surface area contributed by atoms with E-state index in [0.29, 0.717) is 42.7 Å². The van der Waals surface area contributed by atoms with Crippen molar-refractivity contribution in [3.8, 4) is 22.9 Å². The Morgan fingerprint density at radius 1 is 1.14 bits per heavy atom. The average molecular weight is 477 g/mol. The Balaban J connectivity index is 1.50. The molecule has 5 rings (SSSR count). The van der Waals surface area contributed by atoms with Crippen LogP contribution in [0, 0.1) is 5.82 Å². The summed E-state index contributed by atoms with van der Waals surface area (Å²) in [4.78, 5) is 35.3. The zero-order valence-electron chi connectivity index (χ0n) is 19.0. The molecule has 2 saturated heterocycles. The van der Waals surface area contributed by atoms with Gasteiger partial charge in [-0.1, -0.05) is 0 Å². The third kappa shape index (κ3) is 5.22. The van der Waals surface area contributed by atoms with Gasteiger partial charge in [0.05, 0.1) is 0 Å². The van der Waals surface area contributed by atoms with Gasteiger partial charge in [-0.15, -0.1) is 0 Å². The number of benzene rings is 2. The van der Waals surface area contributed by atoms with Crippen LogP contribution in [-0.4, -0.2) is 52.4 Å². The van der Waals surface area contributed by atoms with E-state index in [-0.39, 0.29) is 17.4 Å². The van der Waals surface area contributed by atoms with Gasteiger partial charge in [0, 0.05) is 24.7 Å². The molecule has 2 fully saturated rings. The summed E-state index contributed by atoms with van der Waals surface area (Å²) in [5.74, 6) is 0.639.